The van der Waals surface area contributed by atoms with Gasteiger partial charge in [0.15, 0.2) is 0 Å². The Hall–Kier alpha value is -2.30. The molecule has 0 radical (unpaired) electrons. The number of nitrogens with one attached hydrogen (secondary N) is 1. The zero-order valence-electron chi connectivity index (χ0n) is 13.5. The number of H-pyrrole nitrogens is 1. The summed E-state index contributed by atoms with van der Waals surface area (Å²) in [5, 5.41) is 15.4. The molecule has 0 fully saturated rings. The monoisotopic (exact) mass is 316 g/mol. The van der Waals surface area contributed by atoms with Crippen LogP contribution in [0.25, 0.3) is 11.3 Å². The van der Waals surface area contributed by atoms with Gasteiger partial charge >= 0.3 is 5.97 Å². The second kappa shape index (κ2) is 8.98. The Morgan fingerprint density at radius 1 is 1.13 bits per heavy atom. The lowest BCUT2D eigenvalue weighted by Crippen LogP contribution is -1.97. The molecule has 0 aliphatic carbocycles. The van der Waals surface area contributed by atoms with Crippen molar-refractivity contribution in [3.63, 3.8) is 0 Å². The summed E-state index contributed by atoms with van der Waals surface area (Å²) in [4.78, 5) is 10.8. The summed E-state index contributed by atoms with van der Waals surface area (Å²) in [6.07, 6.45) is 7.47. The quantitative estimate of drug-likeness (QED) is 0.632. The molecule has 0 amide bonds. The van der Waals surface area contributed by atoms with E-state index in [1.165, 1.54) is 38.2 Å². The van der Waals surface area contributed by atoms with Crippen LogP contribution in [0.5, 0.6) is 5.75 Å². The Balaban J connectivity index is 1.77. The van der Waals surface area contributed by atoms with Gasteiger partial charge in [0, 0.05) is 5.56 Å². The van der Waals surface area contributed by atoms with Gasteiger partial charge in [0.05, 0.1) is 12.3 Å². The highest BCUT2D eigenvalue weighted by molar-refractivity contribution is 5.86. The molecule has 23 heavy (non-hydrogen) atoms. The molecule has 5 heteroatoms. The summed E-state index contributed by atoms with van der Waals surface area (Å²) in [6, 6.07) is 9.08. The highest BCUT2D eigenvalue weighted by atomic mass is 16.5. The first-order chi connectivity index (χ1) is 11.2. The van der Waals surface area contributed by atoms with Gasteiger partial charge in [-0.05, 0) is 36.8 Å². The zero-order chi connectivity index (χ0) is 16.5. The van der Waals surface area contributed by atoms with Crippen LogP contribution in [-0.4, -0.2) is 27.9 Å². The molecule has 1 aromatic carbocycles. The zero-order valence-corrected chi connectivity index (χ0v) is 13.5. The highest BCUT2D eigenvalue weighted by Gasteiger charge is 2.09. The molecule has 0 aliphatic heterocycles. The summed E-state index contributed by atoms with van der Waals surface area (Å²) in [7, 11) is 0. The molecule has 0 aliphatic rings. The Kier molecular flexibility index (Phi) is 6.66. The van der Waals surface area contributed by atoms with Crippen molar-refractivity contribution in [2.75, 3.05) is 6.61 Å². The average Bonchev–Trinajstić information content (AvgIpc) is 3.05. The number of carboxylic acids is 1. The van der Waals surface area contributed by atoms with E-state index in [0.717, 1.165) is 24.3 Å². The first-order valence-electron chi connectivity index (χ1n) is 8.22. The van der Waals surface area contributed by atoms with E-state index in [1.807, 2.05) is 24.3 Å². The first kappa shape index (κ1) is 17.1. The van der Waals surface area contributed by atoms with Gasteiger partial charge in [0.25, 0.3) is 0 Å². The van der Waals surface area contributed by atoms with E-state index < -0.39 is 5.97 Å². The summed E-state index contributed by atoms with van der Waals surface area (Å²) in [5.74, 6) is -0.182. The Bertz CT molecular complexity index is 605. The van der Waals surface area contributed by atoms with E-state index in [0.29, 0.717) is 5.69 Å². The van der Waals surface area contributed by atoms with Crippen LogP contribution >= 0.6 is 0 Å². The van der Waals surface area contributed by atoms with Crippen molar-refractivity contribution in [3.05, 3.63) is 36.0 Å². The number of aromatic carboxylic acids is 1. The molecule has 0 spiro atoms. The Morgan fingerprint density at radius 2 is 1.83 bits per heavy atom. The predicted molar refractivity (Wildman–Crippen MR) is 89.9 cm³/mol. The van der Waals surface area contributed by atoms with E-state index in [2.05, 4.69) is 17.1 Å². The molecule has 5 nitrogen and oxygen atoms in total. The number of benzene rings is 1. The molecule has 0 atom stereocenters. The van der Waals surface area contributed by atoms with Crippen LogP contribution in [0.1, 0.15) is 55.9 Å². The highest BCUT2D eigenvalue weighted by Crippen LogP contribution is 2.21. The molecule has 0 bridgehead atoms. The smallest absolute Gasteiger partial charge is 0.353 e. The molecular formula is C18H24N2O3. The third kappa shape index (κ3) is 5.43. The summed E-state index contributed by atoms with van der Waals surface area (Å²) < 4.78 is 5.72. The Morgan fingerprint density at radius 3 is 2.48 bits per heavy atom. The number of unbranched alkanes of at least 4 members (excludes halogenated alkanes) is 5. The van der Waals surface area contributed by atoms with Gasteiger partial charge in [-0.3, -0.25) is 5.10 Å². The fourth-order valence-electron chi connectivity index (χ4n) is 2.37. The van der Waals surface area contributed by atoms with Crippen molar-refractivity contribution in [1.82, 2.24) is 10.2 Å². The second-order valence-corrected chi connectivity index (χ2v) is 5.61. The van der Waals surface area contributed by atoms with Crippen LogP contribution in [0.4, 0.5) is 0 Å². The minimum atomic E-state index is -1.01. The number of hydrogen-bond donors (Lipinski definition) is 2. The number of carboxylic acid groups (broad SMARTS) is 1. The van der Waals surface area contributed by atoms with Crippen LogP contribution in [-0.2, 0) is 0 Å². The SMILES string of the molecule is CCCCCCCCOc1ccc(-c2cc(C(=O)O)[nH]n2)cc1. The molecule has 2 rings (SSSR count). The van der Waals surface area contributed by atoms with E-state index in [1.54, 1.807) is 0 Å². The molecule has 2 aromatic rings. The maximum Gasteiger partial charge on any atom is 0.353 e. The standard InChI is InChI=1S/C18H24N2O3/c1-2-3-4-5-6-7-12-23-15-10-8-14(9-11-15)16-13-17(18(21)22)20-19-16/h8-11,13H,2-7,12H2,1H3,(H,19,20)(H,21,22). The molecule has 0 saturated carbocycles. The molecule has 1 aromatic heterocycles. The van der Waals surface area contributed by atoms with Crippen molar-refractivity contribution in [3.8, 4) is 17.0 Å². The van der Waals surface area contributed by atoms with Crippen molar-refractivity contribution in [1.29, 1.82) is 0 Å². The molecule has 0 unspecified atom stereocenters. The summed E-state index contributed by atoms with van der Waals surface area (Å²) in [6.45, 7) is 2.95. The molecule has 124 valence electrons. The van der Waals surface area contributed by atoms with Crippen LogP contribution in [0.2, 0.25) is 0 Å². The number of aromatic amines is 1. The number of rotatable bonds is 10. The van der Waals surface area contributed by atoms with E-state index in [4.69, 9.17) is 9.84 Å². The minimum absolute atomic E-state index is 0.0865. The molecular weight excluding hydrogens is 292 g/mol. The van der Waals surface area contributed by atoms with Gasteiger partial charge < -0.3 is 9.84 Å². The fourth-order valence-corrected chi connectivity index (χ4v) is 2.37. The fraction of sp³-hybridized carbons (Fsp3) is 0.444. The molecule has 2 N–H and O–H groups in total. The van der Waals surface area contributed by atoms with Crippen LogP contribution in [0, 0.1) is 0 Å². The van der Waals surface area contributed by atoms with Gasteiger partial charge in [0.2, 0.25) is 0 Å². The number of ether oxygens (including phenoxy) is 1. The van der Waals surface area contributed by atoms with Gasteiger partial charge in [-0.15, -0.1) is 0 Å². The average molecular weight is 316 g/mol. The normalized spacial score (nSPS) is 10.7. The van der Waals surface area contributed by atoms with Crippen LogP contribution in [0.3, 0.4) is 0 Å². The van der Waals surface area contributed by atoms with Gasteiger partial charge in [0.1, 0.15) is 11.4 Å². The lowest BCUT2D eigenvalue weighted by molar-refractivity contribution is 0.0690. The number of hydrogen-bond acceptors (Lipinski definition) is 3. The minimum Gasteiger partial charge on any atom is -0.494 e. The third-order valence-electron chi connectivity index (χ3n) is 3.72. The van der Waals surface area contributed by atoms with Crippen LogP contribution < -0.4 is 4.74 Å². The van der Waals surface area contributed by atoms with Crippen molar-refractivity contribution < 1.29 is 14.6 Å². The van der Waals surface area contributed by atoms with Crippen molar-refractivity contribution >= 4 is 5.97 Å². The predicted octanol–water partition coefficient (Wildman–Crippen LogP) is 4.51. The number of carbonyl (C=O) groups is 1. The third-order valence-corrected chi connectivity index (χ3v) is 3.72. The van der Waals surface area contributed by atoms with Crippen molar-refractivity contribution in [2.24, 2.45) is 0 Å². The van der Waals surface area contributed by atoms with Crippen LogP contribution in [0.15, 0.2) is 30.3 Å². The maximum atomic E-state index is 10.8. The first-order valence-corrected chi connectivity index (χ1v) is 8.22. The topological polar surface area (TPSA) is 75.2 Å². The molecule has 0 saturated heterocycles. The number of nitrogens with zero attached hydrogens (tertiary/aromatic N) is 1. The summed E-state index contributed by atoms with van der Waals surface area (Å²) >= 11 is 0. The van der Waals surface area contributed by atoms with E-state index in [-0.39, 0.29) is 5.69 Å². The molecule has 1 heterocycles. The maximum absolute atomic E-state index is 10.8. The number of aromatic nitrogens is 2. The van der Waals surface area contributed by atoms with Gasteiger partial charge in [-0.25, -0.2) is 4.79 Å². The Labute approximate surface area is 136 Å². The largest absolute Gasteiger partial charge is 0.494 e. The van der Waals surface area contributed by atoms with Gasteiger partial charge in [-0.2, -0.15) is 5.10 Å². The summed E-state index contributed by atoms with van der Waals surface area (Å²) in [5.41, 5.74) is 1.56. The lowest BCUT2D eigenvalue weighted by atomic mass is 10.1. The van der Waals surface area contributed by atoms with Gasteiger partial charge in [-0.1, -0.05) is 39.0 Å². The van der Waals surface area contributed by atoms with E-state index in [9.17, 15) is 4.79 Å². The van der Waals surface area contributed by atoms with Crippen molar-refractivity contribution in [2.45, 2.75) is 45.4 Å². The van der Waals surface area contributed by atoms with E-state index >= 15 is 0 Å². The lowest BCUT2D eigenvalue weighted by Gasteiger charge is -2.06. The second-order valence-electron chi connectivity index (χ2n) is 5.61.